The first-order chi connectivity index (χ1) is 9.52. The molecule has 0 aliphatic carbocycles. The Morgan fingerprint density at radius 2 is 2.15 bits per heavy atom. The van der Waals surface area contributed by atoms with Gasteiger partial charge < -0.3 is 5.32 Å². The predicted octanol–water partition coefficient (Wildman–Crippen LogP) is 1.02. The molecule has 2 heterocycles. The number of nitro groups is 1. The van der Waals surface area contributed by atoms with Gasteiger partial charge in [-0.1, -0.05) is 13.3 Å². The van der Waals surface area contributed by atoms with E-state index < -0.39 is 4.92 Å². The summed E-state index contributed by atoms with van der Waals surface area (Å²) in [5.74, 6) is 0.950. The van der Waals surface area contributed by atoms with Crippen molar-refractivity contribution in [3.63, 3.8) is 0 Å². The van der Waals surface area contributed by atoms with Crippen molar-refractivity contribution in [2.45, 2.75) is 26.3 Å². The molecule has 20 heavy (non-hydrogen) atoms. The number of anilines is 1. The lowest BCUT2D eigenvalue weighted by Gasteiger charge is -2.03. The summed E-state index contributed by atoms with van der Waals surface area (Å²) in [5, 5.41) is 22.5. The summed E-state index contributed by atoms with van der Waals surface area (Å²) >= 11 is 0. The molecule has 0 fully saturated rings. The van der Waals surface area contributed by atoms with Crippen LogP contribution in [0, 0.1) is 10.1 Å². The van der Waals surface area contributed by atoms with Crippen molar-refractivity contribution < 1.29 is 4.92 Å². The van der Waals surface area contributed by atoms with Gasteiger partial charge in [0, 0.05) is 14.1 Å². The van der Waals surface area contributed by atoms with Crippen LogP contribution in [0.15, 0.2) is 6.33 Å². The Morgan fingerprint density at radius 3 is 2.70 bits per heavy atom. The topological polar surface area (TPSA) is 104 Å². The van der Waals surface area contributed by atoms with Gasteiger partial charge in [0.2, 0.25) is 5.82 Å². The van der Waals surface area contributed by atoms with Crippen molar-refractivity contribution in [2.75, 3.05) is 5.32 Å². The number of hydrogen-bond donors (Lipinski definition) is 1. The molecular formula is C11H17N7O2. The van der Waals surface area contributed by atoms with Crippen LogP contribution >= 0.6 is 0 Å². The van der Waals surface area contributed by atoms with Gasteiger partial charge >= 0.3 is 5.69 Å². The van der Waals surface area contributed by atoms with Crippen molar-refractivity contribution >= 4 is 11.5 Å². The molecule has 0 aliphatic heterocycles. The van der Waals surface area contributed by atoms with Crippen molar-refractivity contribution in [3.8, 4) is 0 Å². The molecule has 0 amide bonds. The van der Waals surface area contributed by atoms with Crippen LogP contribution in [-0.4, -0.2) is 29.5 Å². The van der Waals surface area contributed by atoms with E-state index in [0.29, 0.717) is 30.3 Å². The highest BCUT2D eigenvalue weighted by Gasteiger charge is 2.26. The second kappa shape index (κ2) is 5.68. The van der Waals surface area contributed by atoms with Gasteiger partial charge in [-0.2, -0.15) is 10.2 Å². The molecule has 9 nitrogen and oxygen atoms in total. The zero-order valence-corrected chi connectivity index (χ0v) is 11.7. The zero-order chi connectivity index (χ0) is 14.7. The minimum atomic E-state index is -0.397. The van der Waals surface area contributed by atoms with Crippen molar-refractivity contribution in [2.24, 2.45) is 14.1 Å². The average Bonchev–Trinajstić information content (AvgIpc) is 2.91. The number of aromatic nitrogens is 5. The lowest BCUT2D eigenvalue weighted by atomic mass is 10.2. The normalized spacial score (nSPS) is 10.8. The first-order valence-electron chi connectivity index (χ1n) is 6.31. The maximum atomic E-state index is 11.2. The van der Waals surface area contributed by atoms with Crippen LogP contribution in [0.5, 0.6) is 0 Å². The Labute approximate surface area is 115 Å². The Hall–Kier alpha value is -2.45. The van der Waals surface area contributed by atoms with E-state index in [4.69, 9.17) is 0 Å². The summed E-state index contributed by atoms with van der Waals surface area (Å²) < 4.78 is 3.07. The number of aryl methyl sites for hydroxylation is 3. The third-order valence-corrected chi connectivity index (χ3v) is 2.82. The summed E-state index contributed by atoms with van der Waals surface area (Å²) in [7, 11) is 3.45. The Bertz CT molecular complexity index is 616. The van der Waals surface area contributed by atoms with Gasteiger partial charge in [0.1, 0.15) is 12.0 Å². The molecule has 0 spiro atoms. The fraction of sp³-hybridized carbons (Fsp3) is 0.545. The van der Waals surface area contributed by atoms with Crippen LogP contribution in [0.1, 0.15) is 24.9 Å². The SMILES string of the molecule is CCCc1nn(C)c(NCc2ncn(C)n2)c1[N+](=O)[O-]. The molecule has 2 rings (SSSR count). The first-order valence-corrected chi connectivity index (χ1v) is 6.31. The Morgan fingerprint density at radius 1 is 1.40 bits per heavy atom. The van der Waals surface area contributed by atoms with Gasteiger partial charge in [-0.3, -0.25) is 14.8 Å². The zero-order valence-electron chi connectivity index (χ0n) is 11.7. The molecule has 0 aliphatic rings. The van der Waals surface area contributed by atoms with E-state index in [0.717, 1.165) is 6.42 Å². The van der Waals surface area contributed by atoms with Gasteiger partial charge in [-0.25, -0.2) is 9.67 Å². The Balaban J connectivity index is 2.23. The van der Waals surface area contributed by atoms with Gasteiger partial charge in [0.15, 0.2) is 5.82 Å². The average molecular weight is 279 g/mol. The molecule has 0 saturated heterocycles. The fourth-order valence-corrected chi connectivity index (χ4v) is 1.99. The van der Waals surface area contributed by atoms with Crippen LogP contribution in [0.25, 0.3) is 0 Å². The minimum Gasteiger partial charge on any atom is -0.357 e. The largest absolute Gasteiger partial charge is 0.357 e. The van der Waals surface area contributed by atoms with E-state index in [-0.39, 0.29) is 5.69 Å². The van der Waals surface area contributed by atoms with E-state index in [9.17, 15) is 10.1 Å². The molecule has 2 aromatic heterocycles. The third kappa shape index (κ3) is 2.76. The van der Waals surface area contributed by atoms with Crippen LogP contribution in [-0.2, 0) is 27.1 Å². The van der Waals surface area contributed by atoms with E-state index in [1.54, 1.807) is 25.1 Å². The first kappa shape index (κ1) is 14.0. The monoisotopic (exact) mass is 279 g/mol. The lowest BCUT2D eigenvalue weighted by molar-refractivity contribution is -0.384. The fourth-order valence-electron chi connectivity index (χ4n) is 1.99. The third-order valence-electron chi connectivity index (χ3n) is 2.82. The molecule has 108 valence electrons. The van der Waals surface area contributed by atoms with E-state index in [1.807, 2.05) is 6.92 Å². The second-order valence-electron chi connectivity index (χ2n) is 4.46. The molecule has 0 aromatic carbocycles. The number of hydrogen-bond acceptors (Lipinski definition) is 6. The molecule has 0 unspecified atom stereocenters. The standard InChI is InChI=1S/C11H17N7O2/c1-4-5-8-10(18(19)20)11(17(3)14-8)12-6-9-13-7-16(2)15-9/h7,12H,4-6H2,1-3H3. The molecule has 0 bridgehead atoms. The van der Waals surface area contributed by atoms with Crippen molar-refractivity contribution in [1.82, 2.24) is 24.5 Å². The highest BCUT2D eigenvalue weighted by Crippen LogP contribution is 2.29. The minimum absolute atomic E-state index is 0.0327. The number of nitrogens with one attached hydrogen (secondary N) is 1. The Kier molecular flexibility index (Phi) is 3.97. The molecule has 2 aromatic rings. The van der Waals surface area contributed by atoms with E-state index in [1.165, 1.54) is 4.68 Å². The van der Waals surface area contributed by atoms with Crippen LogP contribution in [0.2, 0.25) is 0 Å². The van der Waals surface area contributed by atoms with Gasteiger partial charge in [0.25, 0.3) is 0 Å². The smallest absolute Gasteiger partial charge is 0.334 e. The van der Waals surface area contributed by atoms with E-state index in [2.05, 4.69) is 20.5 Å². The van der Waals surface area contributed by atoms with Gasteiger partial charge in [0.05, 0.1) is 11.5 Å². The van der Waals surface area contributed by atoms with Crippen LogP contribution in [0.3, 0.4) is 0 Å². The summed E-state index contributed by atoms with van der Waals surface area (Å²) in [6, 6.07) is 0. The molecule has 9 heteroatoms. The van der Waals surface area contributed by atoms with E-state index >= 15 is 0 Å². The number of nitrogens with zero attached hydrogens (tertiary/aromatic N) is 6. The molecular weight excluding hydrogens is 262 g/mol. The molecule has 0 saturated carbocycles. The lowest BCUT2D eigenvalue weighted by Crippen LogP contribution is -2.08. The van der Waals surface area contributed by atoms with Gasteiger partial charge in [-0.05, 0) is 6.42 Å². The summed E-state index contributed by atoms with van der Waals surface area (Å²) in [4.78, 5) is 14.9. The van der Waals surface area contributed by atoms with Crippen LogP contribution in [0.4, 0.5) is 11.5 Å². The highest BCUT2D eigenvalue weighted by atomic mass is 16.6. The highest BCUT2D eigenvalue weighted by molar-refractivity contribution is 5.59. The summed E-state index contributed by atoms with van der Waals surface area (Å²) in [6.45, 7) is 2.27. The van der Waals surface area contributed by atoms with Gasteiger partial charge in [-0.15, -0.1) is 0 Å². The summed E-state index contributed by atoms with van der Waals surface area (Å²) in [6.07, 6.45) is 2.96. The predicted molar refractivity (Wildman–Crippen MR) is 72.2 cm³/mol. The maximum absolute atomic E-state index is 11.2. The quantitative estimate of drug-likeness (QED) is 0.625. The van der Waals surface area contributed by atoms with Crippen molar-refractivity contribution in [1.29, 1.82) is 0 Å². The summed E-state index contributed by atoms with van der Waals surface area (Å²) in [5.41, 5.74) is 0.529. The second-order valence-corrected chi connectivity index (χ2v) is 4.46. The van der Waals surface area contributed by atoms with Crippen LogP contribution < -0.4 is 5.32 Å². The molecule has 0 atom stereocenters. The molecule has 0 radical (unpaired) electrons. The number of rotatable bonds is 6. The molecule has 1 N–H and O–H groups in total. The van der Waals surface area contributed by atoms with Crippen molar-refractivity contribution in [3.05, 3.63) is 28.0 Å². The maximum Gasteiger partial charge on any atom is 0.334 e.